The summed E-state index contributed by atoms with van der Waals surface area (Å²) in [5.41, 5.74) is 2.62. The second-order valence-electron chi connectivity index (χ2n) is 3.83. The van der Waals surface area contributed by atoms with Crippen LogP contribution in [0.3, 0.4) is 0 Å². The van der Waals surface area contributed by atoms with Gasteiger partial charge in [-0.05, 0) is 43.5 Å². The molecular formula is C13H20N. The smallest absolute Gasteiger partial charge is 0.0369 e. The van der Waals surface area contributed by atoms with Crippen molar-refractivity contribution in [2.45, 2.75) is 33.6 Å². The van der Waals surface area contributed by atoms with Crippen LogP contribution in [0.5, 0.6) is 0 Å². The third kappa shape index (κ3) is 2.50. The molecule has 0 unspecified atom stereocenters. The maximum atomic E-state index is 3.28. The minimum Gasteiger partial charge on any atom is -0.372 e. The minimum absolute atomic E-state index is 0.561. The van der Waals surface area contributed by atoms with Crippen molar-refractivity contribution in [1.29, 1.82) is 0 Å². The molecule has 0 aliphatic carbocycles. The van der Waals surface area contributed by atoms with Gasteiger partial charge >= 0.3 is 0 Å². The Morgan fingerprint density at radius 3 is 2.43 bits per heavy atom. The topological polar surface area (TPSA) is 3.24 Å². The SMILES string of the molecule is CCN(CC)c1cc[c]c(C(C)C)c1. The summed E-state index contributed by atoms with van der Waals surface area (Å²) in [6.45, 7) is 10.9. The van der Waals surface area contributed by atoms with Crippen LogP contribution in [0.2, 0.25) is 0 Å². The standard InChI is InChI=1S/C13H20N/c1-5-14(6-2)13-9-7-8-12(10-13)11(3)4/h7,9-11H,5-6H2,1-4H3. The lowest BCUT2D eigenvalue weighted by Crippen LogP contribution is -2.21. The van der Waals surface area contributed by atoms with Crippen molar-refractivity contribution in [2.75, 3.05) is 18.0 Å². The summed E-state index contributed by atoms with van der Waals surface area (Å²) in [5, 5.41) is 0. The van der Waals surface area contributed by atoms with E-state index >= 15 is 0 Å². The molecule has 1 heteroatoms. The molecule has 0 N–H and O–H groups in total. The van der Waals surface area contributed by atoms with E-state index in [1.165, 1.54) is 11.3 Å². The Morgan fingerprint density at radius 2 is 1.93 bits per heavy atom. The van der Waals surface area contributed by atoms with E-state index in [0.29, 0.717) is 5.92 Å². The van der Waals surface area contributed by atoms with Crippen molar-refractivity contribution >= 4 is 5.69 Å². The fraction of sp³-hybridized carbons (Fsp3) is 0.538. The molecule has 0 fully saturated rings. The molecule has 0 aromatic heterocycles. The van der Waals surface area contributed by atoms with Gasteiger partial charge in [-0.25, -0.2) is 0 Å². The van der Waals surface area contributed by atoms with Gasteiger partial charge in [-0.2, -0.15) is 0 Å². The molecule has 0 saturated carbocycles. The van der Waals surface area contributed by atoms with Crippen LogP contribution in [0.25, 0.3) is 0 Å². The Kier molecular flexibility index (Phi) is 3.99. The van der Waals surface area contributed by atoms with Crippen molar-refractivity contribution in [3.05, 3.63) is 29.8 Å². The van der Waals surface area contributed by atoms with E-state index < -0.39 is 0 Å². The molecule has 1 aromatic carbocycles. The highest BCUT2D eigenvalue weighted by Crippen LogP contribution is 2.20. The van der Waals surface area contributed by atoms with Gasteiger partial charge in [0.15, 0.2) is 0 Å². The lowest BCUT2D eigenvalue weighted by molar-refractivity contribution is 0.843. The van der Waals surface area contributed by atoms with Crippen molar-refractivity contribution < 1.29 is 0 Å². The molecule has 0 saturated heterocycles. The second kappa shape index (κ2) is 5.04. The average Bonchev–Trinajstić information content (AvgIpc) is 2.20. The van der Waals surface area contributed by atoms with Gasteiger partial charge in [-0.15, -0.1) is 0 Å². The first-order valence-corrected chi connectivity index (χ1v) is 5.45. The molecule has 0 aliphatic heterocycles. The summed E-state index contributed by atoms with van der Waals surface area (Å²) in [4.78, 5) is 2.36. The molecule has 1 rings (SSSR count). The zero-order valence-electron chi connectivity index (χ0n) is 9.67. The van der Waals surface area contributed by atoms with E-state index in [9.17, 15) is 0 Å². The fourth-order valence-corrected chi connectivity index (χ4v) is 1.59. The molecule has 0 atom stereocenters. The third-order valence-electron chi connectivity index (χ3n) is 2.56. The highest BCUT2D eigenvalue weighted by molar-refractivity contribution is 5.48. The Bertz CT molecular complexity index is 274. The Morgan fingerprint density at radius 1 is 1.29 bits per heavy atom. The molecule has 0 bridgehead atoms. The van der Waals surface area contributed by atoms with Gasteiger partial charge in [-0.3, -0.25) is 0 Å². The number of hydrogen-bond acceptors (Lipinski definition) is 1. The summed E-state index contributed by atoms with van der Waals surface area (Å²) in [5.74, 6) is 0.561. The summed E-state index contributed by atoms with van der Waals surface area (Å²) >= 11 is 0. The minimum atomic E-state index is 0.561. The average molecular weight is 190 g/mol. The van der Waals surface area contributed by atoms with E-state index in [1.54, 1.807) is 0 Å². The van der Waals surface area contributed by atoms with Crippen LogP contribution >= 0.6 is 0 Å². The molecular weight excluding hydrogens is 170 g/mol. The maximum Gasteiger partial charge on any atom is 0.0369 e. The van der Waals surface area contributed by atoms with E-state index in [1.807, 2.05) is 6.07 Å². The van der Waals surface area contributed by atoms with E-state index in [4.69, 9.17) is 0 Å². The third-order valence-corrected chi connectivity index (χ3v) is 2.56. The predicted molar refractivity (Wildman–Crippen MR) is 62.9 cm³/mol. The van der Waals surface area contributed by atoms with Crippen LogP contribution in [-0.2, 0) is 0 Å². The first-order chi connectivity index (χ1) is 6.69. The van der Waals surface area contributed by atoms with Crippen LogP contribution in [-0.4, -0.2) is 13.1 Å². The Labute approximate surface area is 87.7 Å². The first-order valence-electron chi connectivity index (χ1n) is 5.45. The number of nitrogens with zero attached hydrogens (tertiary/aromatic N) is 1. The summed E-state index contributed by atoms with van der Waals surface area (Å²) in [7, 11) is 0. The van der Waals surface area contributed by atoms with Crippen molar-refractivity contribution in [1.82, 2.24) is 0 Å². The lowest BCUT2D eigenvalue weighted by Gasteiger charge is -2.22. The zero-order valence-corrected chi connectivity index (χ0v) is 9.67. The summed E-state index contributed by atoms with van der Waals surface area (Å²) < 4.78 is 0. The van der Waals surface area contributed by atoms with E-state index in [0.717, 1.165) is 13.1 Å². The van der Waals surface area contributed by atoms with Gasteiger partial charge in [0.1, 0.15) is 0 Å². The highest BCUT2D eigenvalue weighted by atomic mass is 15.1. The zero-order chi connectivity index (χ0) is 10.6. The molecule has 14 heavy (non-hydrogen) atoms. The Balaban J connectivity index is 2.92. The second-order valence-corrected chi connectivity index (χ2v) is 3.83. The monoisotopic (exact) mass is 190 g/mol. The normalized spacial score (nSPS) is 10.6. The molecule has 0 spiro atoms. The molecule has 77 valence electrons. The number of hydrogen-bond donors (Lipinski definition) is 0. The van der Waals surface area contributed by atoms with E-state index in [-0.39, 0.29) is 0 Å². The molecule has 1 radical (unpaired) electrons. The van der Waals surface area contributed by atoms with Gasteiger partial charge in [0.25, 0.3) is 0 Å². The predicted octanol–water partition coefficient (Wildman–Crippen LogP) is 3.46. The first kappa shape index (κ1) is 11.1. The number of benzene rings is 1. The van der Waals surface area contributed by atoms with Crippen LogP contribution in [0, 0.1) is 6.07 Å². The van der Waals surface area contributed by atoms with Crippen LogP contribution in [0.15, 0.2) is 18.2 Å². The lowest BCUT2D eigenvalue weighted by atomic mass is 10.0. The molecule has 1 nitrogen and oxygen atoms in total. The van der Waals surface area contributed by atoms with Crippen molar-refractivity contribution in [3.63, 3.8) is 0 Å². The molecule has 1 aromatic rings. The molecule has 0 heterocycles. The van der Waals surface area contributed by atoms with Crippen LogP contribution in [0.1, 0.15) is 39.2 Å². The quantitative estimate of drug-likeness (QED) is 0.703. The van der Waals surface area contributed by atoms with Crippen molar-refractivity contribution in [3.8, 4) is 0 Å². The Hall–Kier alpha value is -0.980. The van der Waals surface area contributed by atoms with Gasteiger partial charge in [0.2, 0.25) is 0 Å². The van der Waals surface area contributed by atoms with Gasteiger partial charge in [0.05, 0.1) is 0 Å². The van der Waals surface area contributed by atoms with Gasteiger partial charge in [0, 0.05) is 18.8 Å². The number of rotatable bonds is 4. The van der Waals surface area contributed by atoms with E-state index in [2.05, 4.69) is 50.8 Å². The van der Waals surface area contributed by atoms with Crippen LogP contribution < -0.4 is 4.90 Å². The van der Waals surface area contributed by atoms with Crippen LogP contribution in [0.4, 0.5) is 5.69 Å². The fourth-order valence-electron chi connectivity index (χ4n) is 1.59. The maximum absolute atomic E-state index is 3.28. The largest absolute Gasteiger partial charge is 0.372 e. The van der Waals surface area contributed by atoms with Crippen molar-refractivity contribution in [2.24, 2.45) is 0 Å². The van der Waals surface area contributed by atoms with Gasteiger partial charge in [-0.1, -0.05) is 19.9 Å². The molecule has 0 aliphatic rings. The van der Waals surface area contributed by atoms with Gasteiger partial charge < -0.3 is 4.90 Å². The number of anilines is 1. The summed E-state index contributed by atoms with van der Waals surface area (Å²) in [6, 6.07) is 9.70. The summed E-state index contributed by atoms with van der Waals surface area (Å²) in [6.07, 6.45) is 0. The molecule has 0 amide bonds. The highest BCUT2D eigenvalue weighted by Gasteiger charge is 2.04.